The van der Waals surface area contributed by atoms with Crippen LogP contribution in [0.5, 0.6) is 5.75 Å². The van der Waals surface area contributed by atoms with E-state index in [0.29, 0.717) is 0 Å². The SMILES string of the molecule is CCCSN.NC(=O)c1cc(O)ccc1F. The van der Waals surface area contributed by atoms with Gasteiger partial charge in [0, 0.05) is 5.75 Å². The third kappa shape index (κ3) is 5.57. The lowest BCUT2D eigenvalue weighted by atomic mass is 10.2. The number of aromatic hydroxyl groups is 1. The molecule has 90 valence electrons. The van der Waals surface area contributed by atoms with Gasteiger partial charge in [0.25, 0.3) is 5.91 Å². The van der Waals surface area contributed by atoms with E-state index in [1.54, 1.807) is 0 Å². The molecule has 0 unspecified atom stereocenters. The molecular weight excluding hydrogens is 231 g/mol. The van der Waals surface area contributed by atoms with Crippen molar-refractivity contribution in [2.24, 2.45) is 10.9 Å². The third-order valence-electron chi connectivity index (χ3n) is 1.54. The van der Waals surface area contributed by atoms with E-state index in [1.165, 1.54) is 18.4 Å². The summed E-state index contributed by atoms with van der Waals surface area (Å²) >= 11 is 1.40. The highest BCUT2D eigenvalue weighted by atomic mass is 32.2. The predicted octanol–water partition coefficient (Wildman–Crippen LogP) is 1.63. The summed E-state index contributed by atoms with van der Waals surface area (Å²) in [5.74, 6) is -0.714. The second kappa shape index (κ2) is 7.95. The summed E-state index contributed by atoms with van der Waals surface area (Å²) in [7, 11) is 0. The molecule has 1 amide bonds. The highest BCUT2D eigenvalue weighted by Crippen LogP contribution is 2.14. The van der Waals surface area contributed by atoms with Crippen molar-refractivity contribution < 1.29 is 14.3 Å². The van der Waals surface area contributed by atoms with E-state index in [4.69, 9.17) is 16.0 Å². The van der Waals surface area contributed by atoms with Crippen LogP contribution in [0, 0.1) is 5.82 Å². The quantitative estimate of drug-likeness (QED) is 0.707. The average molecular weight is 246 g/mol. The Balaban J connectivity index is 0.000000385. The molecule has 16 heavy (non-hydrogen) atoms. The van der Waals surface area contributed by atoms with Gasteiger partial charge in [-0.2, -0.15) is 0 Å². The van der Waals surface area contributed by atoms with E-state index in [-0.39, 0.29) is 11.3 Å². The van der Waals surface area contributed by atoms with Gasteiger partial charge in [0.1, 0.15) is 11.6 Å². The van der Waals surface area contributed by atoms with Gasteiger partial charge in [-0.25, -0.2) is 4.39 Å². The zero-order valence-corrected chi connectivity index (χ0v) is 9.76. The van der Waals surface area contributed by atoms with Crippen LogP contribution in [-0.4, -0.2) is 16.8 Å². The molecule has 0 radical (unpaired) electrons. The number of amides is 1. The number of nitrogens with two attached hydrogens (primary N) is 2. The molecule has 0 saturated heterocycles. The molecule has 0 atom stereocenters. The molecule has 0 fully saturated rings. The lowest BCUT2D eigenvalue weighted by Crippen LogP contribution is -2.12. The fraction of sp³-hybridized carbons (Fsp3) is 0.300. The van der Waals surface area contributed by atoms with Crippen LogP contribution in [0.25, 0.3) is 0 Å². The topological polar surface area (TPSA) is 89.3 Å². The minimum atomic E-state index is -0.890. The minimum Gasteiger partial charge on any atom is -0.508 e. The summed E-state index contributed by atoms with van der Waals surface area (Å²) < 4.78 is 12.6. The van der Waals surface area contributed by atoms with E-state index < -0.39 is 11.7 Å². The maximum absolute atomic E-state index is 12.6. The van der Waals surface area contributed by atoms with E-state index in [0.717, 1.165) is 24.0 Å². The zero-order valence-electron chi connectivity index (χ0n) is 8.94. The van der Waals surface area contributed by atoms with E-state index in [9.17, 15) is 9.18 Å². The summed E-state index contributed by atoms with van der Waals surface area (Å²) in [4.78, 5) is 10.4. The third-order valence-corrected chi connectivity index (χ3v) is 2.18. The summed E-state index contributed by atoms with van der Waals surface area (Å²) in [5, 5.41) is 13.9. The van der Waals surface area contributed by atoms with Gasteiger partial charge >= 0.3 is 0 Å². The normalized spacial score (nSPS) is 9.19. The standard InChI is InChI=1S/C7H6FNO2.C3H9NS/c8-6-2-1-4(10)3-5(6)7(9)11;1-2-3-5-4/h1-3,10H,(H2,9,11);2-4H2,1H3. The first kappa shape index (κ1) is 14.7. The summed E-state index contributed by atoms with van der Waals surface area (Å²) in [5.41, 5.74) is 4.49. The molecule has 0 aliphatic carbocycles. The smallest absolute Gasteiger partial charge is 0.251 e. The average Bonchev–Trinajstić information content (AvgIpc) is 2.23. The highest BCUT2D eigenvalue weighted by molar-refractivity contribution is 7.97. The molecule has 6 heteroatoms. The number of carbonyl (C=O) groups excluding carboxylic acids is 1. The van der Waals surface area contributed by atoms with Gasteiger partial charge in [-0.05, 0) is 24.6 Å². The number of phenols is 1. The first-order valence-electron chi connectivity index (χ1n) is 4.62. The highest BCUT2D eigenvalue weighted by Gasteiger charge is 2.07. The molecule has 0 bridgehead atoms. The van der Waals surface area contributed by atoms with Crippen LogP contribution in [0.15, 0.2) is 18.2 Å². The van der Waals surface area contributed by atoms with Crippen LogP contribution in [0.3, 0.4) is 0 Å². The molecule has 1 rings (SSSR count). The van der Waals surface area contributed by atoms with Crippen molar-refractivity contribution in [3.8, 4) is 5.75 Å². The Morgan fingerprint density at radius 3 is 2.50 bits per heavy atom. The molecule has 0 aromatic heterocycles. The molecule has 0 saturated carbocycles. The van der Waals surface area contributed by atoms with Crippen LogP contribution >= 0.6 is 11.9 Å². The van der Waals surface area contributed by atoms with Crippen molar-refractivity contribution in [1.29, 1.82) is 0 Å². The molecule has 0 spiro atoms. The Hall–Kier alpha value is -1.27. The fourth-order valence-corrected chi connectivity index (χ4v) is 1.06. The van der Waals surface area contributed by atoms with E-state index in [2.05, 4.69) is 6.92 Å². The number of rotatable bonds is 3. The van der Waals surface area contributed by atoms with Crippen LogP contribution in [-0.2, 0) is 0 Å². The maximum atomic E-state index is 12.6. The first-order valence-corrected chi connectivity index (χ1v) is 5.67. The lowest BCUT2D eigenvalue weighted by molar-refractivity contribution is 0.0996. The fourth-order valence-electron chi connectivity index (χ4n) is 0.820. The van der Waals surface area contributed by atoms with Gasteiger partial charge in [0.15, 0.2) is 0 Å². The van der Waals surface area contributed by atoms with Gasteiger partial charge in [-0.3, -0.25) is 9.93 Å². The van der Waals surface area contributed by atoms with Crippen LogP contribution < -0.4 is 10.9 Å². The van der Waals surface area contributed by atoms with Crippen LogP contribution in [0.2, 0.25) is 0 Å². The first-order chi connectivity index (χ1) is 7.52. The van der Waals surface area contributed by atoms with Gasteiger partial charge in [-0.15, -0.1) is 0 Å². The number of hydrogen-bond acceptors (Lipinski definition) is 4. The predicted molar refractivity (Wildman–Crippen MR) is 63.5 cm³/mol. The summed E-state index contributed by atoms with van der Waals surface area (Å²) in [6.45, 7) is 2.11. The van der Waals surface area contributed by atoms with Gasteiger partial charge in [0.05, 0.1) is 5.56 Å². The largest absolute Gasteiger partial charge is 0.508 e. The molecule has 0 heterocycles. The minimum absolute atomic E-state index is 0.180. The molecule has 0 aliphatic heterocycles. The number of primary amides is 1. The van der Waals surface area contributed by atoms with Gasteiger partial charge in [0.2, 0.25) is 0 Å². The van der Waals surface area contributed by atoms with E-state index >= 15 is 0 Å². The van der Waals surface area contributed by atoms with E-state index in [1.807, 2.05) is 0 Å². The van der Waals surface area contributed by atoms with Crippen molar-refractivity contribution in [3.63, 3.8) is 0 Å². The number of phenolic OH excluding ortho intramolecular Hbond substituents is 1. The van der Waals surface area contributed by atoms with Crippen molar-refractivity contribution in [3.05, 3.63) is 29.6 Å². The van der Waals surface area contributed by atoms with Crippen molar-refractivity contribution in [2.45, 2.75) is 13.3 Å². The van der Waals surface area contributed by atoms with Crippen molar-refractivity contribution in [2.75, 3.05) is 5.75 Å². The Kier molecular flexibility index (Phi) is 7.32. The maximum Gasteiger partial charge on any atom is 0.251 e. The Morgan fingerprint density at radius 1 is 1.56 bits per heavy atom. The molecule has 0 aliphatic rings. The van der Waals surface area contributed by atoms with Crippen molar-refractivity contribution in [1.82, 2.24) is 0 Å². The number of hydrogen-bond donors (Lipinski definition) is 3. The second-order valence-corrected chi connectivity index (χ2v) is 3.64. The number of carbonyl (C=O) groups is 1. The molecule has 5 N–H and O–H groups in total. The molecule has 4 nitrogen and oxygen atoms in total. The second-order valence-electron chi connectivity index (χ2n) is 2.90. The van der Waals surface area contributed by atoms with Crippen LogP contribution in [0.1, 0.15) is 23.7 Å². The molecule has 1 aromatic rings. The van der Waals surface area contributed by atoms with Crippen molar-refractivity contribution >= 4 is 17.9 Å². The number of benzene rings is 1. The van der Waals surface area contributed by atoms with Gasteiger partial charge < -0.3 is 10.8 Å². The molecular formula is C10H15FN2O2S. The zero-order chi connectivity index (χ0) is 12.6. The summed E-state index contributed by atoms with van der Waals surface area (Å²) in [6.07, 6.45) is 1.18. The lowest BCUT2D eigenvalue weighted by Gasteiger charge is -1.97. The Morgan fingerprint density at radius 2 is 2.19 bits per heavy atom. The summed E-state index contributed by atoms with van der Waals surface area (Å²) in [6, 6.07) is 3.11. The number of halogens is 1. The van der Waals surface area contributed by atoms with Gasteiger partial charge in [-0.1, -0.05) is 18.9 Å². The Labute approximate surface area is 98.0 Å². The van der Waals surface area contributed by atoms with Crippen LogP contribution in [0.4, 0.5) is 4.39 Å². The Bertz CT molecular complexity index is 346. The monoisotopic (exact) mass is 246 g/mol. The molecule has 1 aromatic carbocycles.